The Bertz CT molecular complexity index is 544. The van der Waals surface area contributed by atoms with E-state index in [1.54, 1.807) is 12.7 Å². The van der Waals surface area contributed by atoms with Gasteiger partial charge in [0.25, 0.3) is 0 Å². The average molecular weight is 264 g/mol. The number of nitrogens with zero attached hydrogens (tertiary/aromatic N) is 3. The molecule has 1 saturated heterocycles. The number of hydrogen-bond donors (Lipinski definition) is 0. The molecule has 0 spiro atoms. The normalized spacial score (nSPS) is 23.1. The number of ether oxygens (including phenoxy) is 1. The van der Waals surface area contributed by atoms with Gasteiger partial charge in [-0.3, -0.25) is 0 Å². The second kappa shape index (κ2) is 3.80. The van der Waals surface area contributed by atoms with Crippen molar-refractivity contribution < 1.29 is 4.74 Å². The third kappa shape index (κ3) is 1.56. The van der Waals surface area contributed by atoms with Crippen molar-refractivity contribution in [1.29, 1.82) is 0 Å². The summed E-state index contributed by atoms with van der Waals surface area (Å²) in [5, 5.41) is 4.97. The molecule has 0 amide bonds. The minimum atomic E-state index is -0.342. The van der Waals surface area contributed by atoms with Gasteiger partial charge in [0.15, 0.2) is 0 Å². The van der Waals surface area contributed by atoms with Gasteiger partial charge >= 0.3 is 0 Å². The lowest BCUT2D eigenvalue weighted by Gasteiger charge is -2.32. The Morgan fingerprint density at radius 1 is 1.33 bits per heavy atom. The largest absolute Gasteiger partial charge is 0.362 e. The van der Waals surface area contributed by atoms with Gasteiger partial charge < -0.3 is 4.74 Å². The zero-order chi connectivity index (χ0) is 12.8. The van der Waals surface area contributed by atoms with Gasteiger partial charge in [-0.1, -0.05) is 23.7 Å². The van der Waals surface area contributed by atoms with E-state index in [4.69, 9.17) is 16.3 Å². The Kier molecular flexibility index (Phi) is 2.47. The highest BCUT2D eigenvalue weighted by molar-refractivity contribution is 6.30. The van der Waals surface area contributed by atoms with Gasteiger partial charge in [0, 0.05) is 5.02 Å². The topological polar surface area (TPSA) is 43.2 Å². The summed E-state index contributed by atoms with van der Waals surface area (Å²) >= 11 is 5.93. The summed E-state index contributed by atoms with van der Waals surface area (Å²) in [5.74, 6) is 0. The molecule has 0 N–H and O–H groups in total. The fourth-order valence-corrected chi connectivity index (χ4v) is 2.47. The minimum Gasteiger partial charge on any atom is -0.362 e. The van der Waals surface area contributed by atoms with Crippen LogP contribution in [0.15, 0.2) is 36.9 Å². The van der Waals surface area contributed by atoms with Crippen LogP contribution < -0.4 is 0 Å². The quantitative estimate of drug-likeness (QED) is 0.800. The molecule has 0 bridgehead atoms. The molecule has 0 radical (unpaired) electrons. The first kappa shape index (κ1) is 11.7. The van der Waals surface area contributed by atoms with Crippen LogP contribution in [0.25, 0.3) is 0 Å². The molecule has 2 heterocycles. The Morgan fingerprint density at radius 3 is 2.50 bits per heavy atom. The third-order valence-electron chi connectivity index (χ3n) is 3.72. The summed E-state index contributed by atoms with van der Waals surface area (Å²) in [6.45, 7) is 4.88. The predicted molar refractivity (Wildman–Crippen MR) is 68.4 cm³/mol. The summed E-state index contributed by atoms with van der Waals surface area (Å²) in [6, 6.07) is 7.79. The van der Waals surface area contributed by atoms with Crippen molar-refractivity contribution in [3.05, 3.63) is 47.5 Å². The smallest absolute Gasteiger partial charge is 0.141 e. The zero-order valence-corrected chi connectivity index (χ0v) is 11.1. The summed E-state index contributed by atoms with van der Waals surface area (Å²) < 4.78 is 7.62. The number of hydrogen-bond acceptors (Lipinski definition) is 3. The van der Waals surface area contributed by atoms with Crippen molar-refractivity contribution in [1.82, 2.24) is 14.8 Å². The van der Waals surface area contributed by atoms with E-state index < -0.39 is 0 Å². The Morgan fingerprint density at radius 2 is 2.00 bits per heavy atom. The van der Waals surface area contributed by atoms with Gasteiger partial charge in [0.2, 0.25) is 0 Å². The fourth-order valence-electron chi connectivity index (χ4n) is 2.35. The molecule has 5 heteroatoms. The predicted octanol–water partition coefficient (Wildman–Crippen LogP) is 2.59. The molecule has 1 unspecified atom stereocenters. The van der Waals surface area contributed by atoms with E-state index in [-0.39, 0.29) is 11.1 Å². The molecule has 1 aliphatic rings. The van der Waals surface area contributed by atoms with E-state index in [9.17, 15) is 0 Å². The first-order valence-electron chi connectivity index (χ1n) is 5.81. The van der Waals surface area contributed by atoms with Crippen molar-refractivity contribution >= 4 is 11.6 Å². The highest BCUT2D eigenvalue weighted by Gasteiger charge is 2.59. The summed E-state index contributed by atoms with van der Waals surface area (Å²) in [7, 11) is 0. The second-order valence-corrected chi connectivity index (χ2v) is 5.46. The lowest BCUT2D eigenvalue weighted by Crippen LogP contribution is -2.41. The van der Waals surface area contributed by atoms with Crippen molar-refractivity contribution in [2.75, 3.05) is 6.61 Å². The minimum absolute atomic E-state index is 0.294. The first-order valence-corrected chi connectivity index (χ1v) is 6.19. The fraction of sp³-hybridized carbons (Fsp3) is 0.385. The zero-order valence-electron chi connectivity index (χ0n) is 10.3. The highest BCUT2D eigenvalue weighted by atomic mass is 35.5. The number of halogens is 1. The molecule has 94 valence electrons. The number of aromatic nitrogens is 3. The van der Waals surface area contributed by atoms with Crippen molar-refractivity contribution in [2.24, 2.45) is 0 Å². The Balaban J connectivity index is 2.03. The van der Waals surface area contributed by atoms with E-state index in [0.717, 1.165) is 10.6 Å². The maximum absolute atomic E-state index is 5.93. The van der Waals surface area contributed by atoms with E-state index >= 15 is 0 Å². The molecule has 2 aromatic rings. The van der Waals surface area contributed by atoms with Gasteiger partial charge in [0.1, 0.15) is 18.3 Å². The monoisotopic (exact) mass is 263 g/mol. The molecule has 4 nitrogen and oxygen atoms in total. The summed E-state index contributed by atoms with van der Waals surface area (Å²) in [5.41, 5.74) is 0.482. The molecular formula is C13H14ClN3O. The van der Waals surface area contributed by atoms with Crippen LogP contribution in [0, 0.1) is 0 Å². The van der Waals surface area contributed by atoms with Crippen LogP contribution in [0.1, 0.15) is 19.4 Å². The molecule has 3 rings (SSSR count). The van der Waals surface area contributed by atoms with Crippen molar-refractivity contribution in [3.8, 4) is 0 Å². The van der Waals surface area contributed by atoms with Crippen molar-refractivity contribution in [2.45, 2.75) is 25.0 Å². The van der Waals surface area contributed by atoms with Gasteiger partial charge in [0.05, 0.1) is 12.1 Å². The van der Waals surface area contributed by atoms with Gasteiger partial charge in [-0.25, -0.2) is 9.67 Å². The summed E-state index contributed by atoms with van der Waals surface area (Å²) in [4.78, 5) is 4.01. The van der Waals surface area contributed by atoms with Crippen LogP contribution in [0.3, 0.4) is 0 Å². The lowest BCUT2D eigenvalue weighted by molar-refractivity contribution is 0.128. The molecule has 0 aliphatic carbocycles. The number of epoxide rings is 1. The molecule has 1 fully saturated rings. The van der Waals surface area contributed by atoms with Crippen LogP contribution in [0.5, 0.6) is 0 Å². The SMILES string of the molecule is CC(C)(n1cncn1)C1(c2ccc(Cl)cc2)CO1. The van der Waals surface area contributed by atoms with Crippen LogP contribution in [-0.4, -0.2) is 21.4 Å². The van der Waals surface area contributed by atoms with Gasteiger partial charge in [-0.15, -0.1) is 0 Å². The molecule has 1 aliphatic heterocycles. The molecule has 0 saturated carbocycles. The number of benzene rings is 1. The Labute approximate surface area is 111 Å². The third-order valence-corrected chi connectivity index (χ3v) is 3.98. The van der Waals surface area contributed by atoms with Crippen LogP contribution >= 0.6 is 11.6 Å². The maximum atomic E-state index is 5.93. The summed E-state index contributed by atoms with van der Waals surface area (Å²) in [6.07, 6.45) is 3.26. The number of rotatable bonds is 3. The highest BCUT2D eigenvalue weighted by Crippen LogP contribution is 2.51. The van der Waals surface area contributed by atoms with Crippen LogP contribution in [0.4, 0.5) is 0 Å². The molecule has 1 atom stereocenters. The van der Waals surface area contributed by atoms with E-state index in [1.165, 1.54) is 0 Å². The second-order valence-electron chi connectivity index (χ2n) is 5.02. The van der Waals surface area contributed by atoms with Crippen molar-refractivity contribution in [3.63, 3.8) is 0 Å². The van der Waals surface area contributed by atoms with Crippen LogP contribution in [-0.2, 0) is 15.9 Å². The molecule has 18 heavy (non-hydrogen) atoms. The van der Waals surface area contributed by atoms with E-state index in [1.807, 2.05) is 28.9 Å². The molecule has 1 aromatic carbocycles. The van der Waals surface area contributed by atoms with Gasteiger partial charge in [-0.2, -0.15) is 5.10 Å². The van der Waals surface area contributed by atoms with E-state index in [0.29, 0.717) is 6.61 Å². The average Bonchev–Trinajstić information content (AvgIpc) is 2.98. The van der Waals surface area contributed by atoms with E-state index in [2.05, 4.69) is 23.9 Å². The maximum Gasteiger partial charge on any atom is 0.141 e. The Hall–Kier alpha value is -1.39. The van der Waals surface area contributed by atoms with Crippen LogP contribution in [0.2, 0.25) is 5.02 Å². The molecule has 1 aromatic heterocycles. The molecular weight excluding hydrogens is 250 g/mol. The van der Waals surface area contributed by atoms with Gasteiger partial charge in [-0.05, 0) is 31.5 Å². The standard InChI is InChI=1S/C13H14ClN3O/c1-12(2,17-9-15-8-16-17)13(7-18-13)10-3-5-11(14)6-4-10/h3-6,8-9H,7H2,1-2H3. The lowest BCUT2D eigenvalue weighted by atomic mass is 9.82. The first-order chi connectivity index (χ1) is 8.56.